The molecule has 0 aliphatic carbocycles. The van der Waals surface area contributed by atoms with Crippen molar-refractivity contribution in [1.82, 2.24) is 4.98 Å². The average molecular weight is 271 g/mol. The number of carbonyl (C=O) groups is 1. The van der Waals surface area contributed by atoms with Gasteiger partial charge in [0.2, 0.25) is 5.76 Å². The average Bonchev–Trinajstić information content (AvgIpc) is 2.47. The normalized spacial score (nSPS) is 11.1. The summed E-state index contributed by atoms with van der Waals surface area (Å²) in [7, 11) is 0. The highest BCUT2D eigenvalue weighted by Crippen LogP contribution is 2.19. The highest BCUT2D eigenvalue weighted by atomic mass is 16.5. The lowest BCUT2D eigenvalue weighted by molar-refractivity contribution is -0.135. The summed E-state index contributed by atoms with van der Waals surface area (Å²) in [6.07, 6.45) is 2.55. The van der Waals surface area contributed by atoms with E-state index in [2.05, 4.69) is 4.98 Å². The lowest BCUT2D eigenvalue weighted by atomic mass is 10.2. The van der Waals surface area contributed by atoms with Crippen molar-refractivity contribution >= 4 is 12.0 Å². The number of hydrogen-bond acceptors (Lipinski definition) is 4. The van der Waals surface area contributed by atoms with Crippen LogP contribution in [0.5, 0.6) is 5.75 Å². The number of carboxylic acids is 1. The molecule has 2 N–H and O–H groups in total. The van der Waals surface area contributed by atoms with Gasteiger partial charge in [0.1, 0.15) is 18.1 Å². The van der Waals surface area contributed by atoms with Crippen LogP contribution in [-0.4, -0.2) is 21.2 Å². The summed E-state index contributed by atoms with van der Waals surface area (Å²) in [5, 5.41) is 17.9. The number of pyridine rings is 1. The third-order valence-electron chi connectivity index (χ3n) is 2.53. The molecule has 0 aliphatic heterocycles. The molecule has 0 aliphatic rings. The van der Waals surface area contributed by atoms with Gasteiger partial charge in [0.15, 0.2) is 0 Å². The first kappa shape index (κ1) is 13.6. The van der Waals surface area contributed by atoms with Crippen LogP contribution in [0.4, 0.5) is 0 Å². The fraction of sp³-hybridized carbons (Fsp3) is 0.0667. The quantitative estimate of drug-likeness (QED) is 0.645. The minimum Gasteiger partial charge on any atom is -0.502 e. The zero-order valence-corrected chi connectivity index (χ0v) is 10.6. The SMILES string of the molecule is O=C(O)/C(O)=C/c1ncccc1OCc1ccccc1. The van der Waals surface area contributed by atoms with Gasteiger partial charge in [-0.25, -0.2) is 4.79 Å². The highest BCUT2D eigenvalue weighted by Gasteiger charge is 2.08. The number of aliphatic hydroxyl groups excluding tert-OH is 1. The first-order valence-electron chi connectivity index (χ1n) is 5.92. The van der Waals surface area contributed by atoms with Gasteiger partial charge in [0.25, 0.3) is 0 Å². The molecule has 0 saturated heterocycles. The molecule has 20 heavy (non-hydrogen) atoms. The van der Waals surface area contributed by atoms with Gasteiger partial charge in [-0.2, -0.15) is 0 Å². The minimum atomic E-state index is -1.41. The molecule has 0 amide bonds. The molecule has 0 unspecified atom stereocenters. The van der Waals surface area contributed by atoms with Crippen molar-refractivity contribution < 1.29 is 19.7 Å². The van der Waals surface area contributed by atoms with Gasteiger partial charge < -0.3 is 14.9 Å². The molecule has 2 rings (SSSR count). The van der Waals surface area contributed by atoms with Crippen LogP contribution in [0.15, 0.2) is 54.4 Å². The number of rotatable bonds is 5. The van der Waals surface area contributed by atoms with E-state index in [-0.39, 0.29) is 5.69 Å². The molecule has 5 heteroatoms. The molecule has 0 fully saturated rings. The largest absolute Gasteiger partial charge is 0.502 e. The molecular weight excluding hydrogens is 258 g/mol. The van der Waals surface area contributed by atoms with E-state index in [1.54, 1.807) is 12.1 Å². The van der Waals surface area contributed by atoms with E-state index < -0.39 is 11.7 Å². The number of carboxylic acid groups (broad SMARTS) is 1. The van der Waals surface area contributed by atoms with Crippen molar-refractivity contribution in [2.45, 2.75) is 6.61 Å². The third-order valence-corrected chi connectivity index (χ3v) is 2.53. The Bertz CT molecular complexity index is 623. The van der Waals surface area contributed by atoms with Crippen molar-refractivity contribution in [2.24, 2.45) is 0 Å². The Morgan fingerprint density at radius 1 is 1.15 bits per heavy atom. The van der Waals surface area contributed by atoms with Crippen molar-refractivity contribution in [3.8, 4) is 5.75 Å². The Morgan fingerprint density at radius 2 is 1.90 bits per heavy atom. The molecule has 0 bridgehead atoms. The molecule has 1 aromatic heterocycles. The zero-order valence-electron chi connectivity index (χ0n) is 10.6. The second-order valence-electron chi connectivity index (χ2n) is 4.00. The van der Waals surface area contributed by atoms with Crippen LogP contribution in [0.3, 0.4) is 0 Å². The van der Waals surface area contributed by atoms with Crippen molar-refractivity contribution in [3.05, 3.63) is 65.7 Å². The number of aliphatic carboxylic acids is 1. The second kappa shape index (κ2) is 6.38. The Hall–Kier alpha value is -2.82. The van der Waals surface area contributed by atoms with Gasteiger partial charge in [-0.15, -0.1) is 0 Å². The fourth-order valence-electron chi connectivity index (χ4n) is 1.56. The van der Waals surface area contributed by atoms with E-state index in [0.29, 0.717) is 12.4 Å². The standard InChI is InChI=1S/C15H13NO4/c17-13(15(18)19)9-12-14(7-4-8-16-12)20-10-11-5-2-1-3-6-11/h1-9,17H,10H2,(H,18,19)/b13-9-. The predicted octanol–water partition coefficient (Wildman–Crippen LogP) is 2.64. The minimum absolute atomic E-state index is 0.267. The van der Waals surface area contributed by atoms with Crippen LogP contribution in [0.1, 0.15) is 11.3 Å². The summed E-state index contributed by atoms with van der Waals surface area (Å²) in [5.74, 6) is -1.79. The second-order valence-corrected chi connectivity index (χ2v) is 4.00. The lowest BCUT2D eigenvalue weighted by Crippen LogP contribution is -2.01. The molecule has 0 radical (unpaired) electrons. The van der Waals surface area contributed by atoms with Crippen LogP contribution in [-0.2, 0) is 11.4 Å². The first-order chi connectivity index (χ1) is 9.66. The van der Waals surface area contributed by atoms with Crippen molar-refractivity contribution in [1.29, 1.82) is 0 Å². The van der Waals surface area contributed by atoms with Gasteiger partial charge in [-0.05, 0) is 17.7 Å². The highest BCUT2D eigenvalue weighted by molar-refractivity contribution is 5.89. The van der Waals surface area contributed by atoms with E-state index in [4.69, 9.17) is 9.84 Å². The molecule has 0 spiro atoms. The van der Waals surface area contributed by atoms with Crippen molar-refractivity contribution in [3.63, 3.8) is 0 Å². The van der Waals surface area contributed by atoms with Crippen LogP contribution >= 0.6 is 0 Å². The van der Waals surface area contributed by atoms with E-state index in [0.717, 1.165) is 11.6 Å². The topological polar surface area (TPSA) is 79.7 Å². The van der Waals surface area contributed by atoms with E-state index >= 15 is 0 Å². The monoisotopic (exact) mass is 271 g/mol. The maximum atomic E-state index is 10.6. The van der Waals surface area contributed by atoms with E-state index in [1.807, 2.05) is 30.3 Å². The maximum Gasteiger partial charge on any atom is 0.371 e. The molecule has 5 nitrogen and oxygen atoms in total. The molecule has 0 atom stereocenters. The Kier molecular flexibility index (Phi) is 4.34. The van der Waals surface area contributed by atoms with Gasteiger partial charge in [0.05, 0.1) is 0 Å². The maximum absolute atomic E-state index is 10.6. The van der Waals surface area contributed by atoms with Gasteiger partial charge in [-0.3, -0.25) is 4.98 Å². The first-order valence-corrected chi connectivity index (χ1v) is 5.92. The van der Waals surface area contributed by atoms with Gasteiger partial charge in [-0.1, -0.05) is 30.3 Å². The van der Waals surface area contributed by atoms with Crippen LogP contribution in [0.2, 0.25) is 0 Å². The molecule has 2 aromatic rings. The zero-order chi connectivity index (χ0) is 14.4. The number of aromatic nitrogens is 1. The number of nitrogens with zero attached hydrogens (tertiary/aromatic N) is 1. The Morgan fingerprint density at radius 3 is 2.60 bits per heavy atom. The van der Waals surface area contributed by atoms with Crippen molar-refractivity contribution in [2.75, 3.05) is 0 Å². The van der Waals surface area contributed by atoms with E-state index in [9.17, 15) is 9.90 Å². The molecule has 0 saturated carbocycles. The molecule has 1 aromatic carbocycles. The summed E-state index contributed by atoms with van der Waals surface area (Å²) < 4.78 is 5.59. The smallest absolute Gasteiger partial charge is 0.371 e. The number of ether oxygens (including phenoxy) is 1. The third kappa shape index (κ3) is 3.58. The van der Waals surface area contributed by atoms with E-state index in [1.165, 1.54) is 6.20 Å². The molecule has 102 valence electrons. The summed E-state index contributed by atoms with van der Waals surface area (Å²) in [5.41, 5.74) is 1.25. The van der Waals surface area contributed by atoms with Crippen LogP contribution < -0.4 is 4.74 Å². The number of benzene rings is 1. The lowest BCUT2D eigenvalue weighted by Gasteiger charge is -2.08. The summed E-state index contributed by atoms with van der Waals surface area (Å²) in [6, 6.07) is 12.9. The van der Waals surface area contributed by atoms with Gasteiger partial charge in [0, 0.05) is 12.3 Å². The number of aliphatic hydroxyl groups is 1. The molecule has 1 heterocycles. The van der Waals surface area contributed by atoms with Crippen LogP contribution in [0, 0.1) is 0 Å². The van der Waals surface area contributed by atoms with Crippen LogP contribution in [0.25, 0.3) is 6.08 Å². The predicted molar refractivity (Wildman–Crippen MR) is 73.3 cm³/mol. The molecular formula is C15H13NO4. The number of hydrogen-bond donors (Lipinski definition) is 2. The fourth-order valence-corrected chi connectivity index (χ4v) is 1.56. The van der Waals surface area contributed by atoms with Gasteiger partial charge >= 0.3 is 5.97 Å². The Labute approximate surface area is 115 Å². The summed E-state index contributed by atoms with van der Waals surface area (Å²) in [6.45, 7) is 0.335. The Balaban J connectivity index is 2.16. The summed E-state index contributed by atoms with van der Waals surface area (Å²) >= 11 is 0. The summed E-state index contributed by atoms with van der Waals surface area (Å²) in [4.78, 5) is 14.6.